The number of aromatic hydroxyl groups is 1. The quantitative estimate of drug-likeness (QED) is 0.727. The van der Waals surface area contributed by atoms with Gasteiger partial charge in [0.2, 0.25) is 0 Å². The minimum atomic E-state index is -0.143. The zero-order valence-electron chi connectivity index (χ0n) is 8.47. The molecule has 14 heavy (non-hydrogen) atoms. The minimum absolute atomic E-state index is 0.130. The van der Waals surface area contributed by atoms with Gasteiger partial charge >= 0.3 is 0 Å². The van der Waals surface area contributed by atoms with Gasteiger partial charge in [-0.25, -0.2) is 0 Å². The van der Waals surface area contributed by atoms with E-state index in [4.69, 9.17) is 11.6 Å². The van der Waals surface area contributed by atoms with Crippen LogP contribution < -0.4 is 0 Å². The van der Waals surface area contributed by atoms with E-state index in [-0.39, 0.29) is 21.8 Å². The topological polar surface area (TPSA) is 37.3 Å². The van der Waals surface area contributed by atoms with E-state index in [2.05, 4.69) is 0 Å². The normalized spacial score (nSPS) is 11.4. The van der Waals surface area contributed by atoms with Crippen LogP contribution in [0.2, 0.25) is 5.02 Å². The summed E-state index contributed by atoms with van der Waals surface area (Å²) in [6.45, 7) is 5.98. The summed E-state index contributed by atoms with van der Waals surface area (Å²) in [5.41, 5.74) is 0.918. The summed E-state index contributed by atoms with van der Waals surface area (Å²) in [6.07, 6.45) is 0.591. The highest BCUT2D eigenvalue weighted by atomic mass is 35.5. The first-order valence-corrected chi connectivity index (χ1v) is 4.73. The molecule has 1 N–H and O–H groups in total. The van der Waals surface area contributed by atoms with Gasteiger partial charge in [-0.05, 0) is 17.0 Å². The van der Waals surface area contributed by atoms with Crippen molar-refractivity contribution in [1.29, 1.82) is 0 Å². The number of hydrogen-bond donors (Lipinski definition) is 1. The molecule has 1 rings (SSSR count). The van der Waals surface area contributed by atoms with Crippen LogP contribution in [-0.2, 0) is 5.41 Å². The van der Waals surface area contributed by atoms with Gasteiger partial charge in [-0.3, -0.25) is 4.79 Å². The molecule has 2 nitrogen and oxygen atoms in total. The molecule has 0 fully saturated rings. The lowest BCUT2D eigenvalue weighted by molar-refractivity contribution is 0.112. The lowest BCUT2D eigenvalue weighted by Crippen LogP contribution is -2.12. The van der Waals surface area contributed by atoms with E-state index in [1.165, 1.54) is 0 Å². The Hall–Kier alpha value is -1.02. The molecule has 0 atom stereocenters. The molecule has 0 aliphatic heterocycles. The largest absolute Gasteiger partial charge is 0.506 e. The Balaban J connectivity index is 3.38. The van der Waals surface area contributed by atoms with Gasteiger partial charge in [-0.1, -0.05) is 38.4 Å². The third kappa shape index (κ3) is 1.90. The van der Waals surface area contributed by atoms with Gasteiger partial charge in [0.25, 0.3) is 0 Å². The SMILES string of the molecule is CC(C)(C)c1ccc(C=O)c(O)c1Cl. The summed E-state index contributed by atoms with van der Waals surface area (Å²) in [5, 5.41) is 9.84. The first-order chi connectivity index (χ1) is 6.38. The van der Waals surface area contributed by atoms with Gasteiger partial charge in [-0.2, -0.15) is 0 Å². The molecule has 0 spiro atoms. The number of carbonyl (C=O) groups is 1. The molecule has 1 aromatic rings. The highest BCUT2D eigenvalue weighted by Gasteiger charge is 2.20. The fourth-order valence-electron chi connectivity index (χ4n) is 1.25. The van der Waals surface area contributed by atoms with E-state index in [9.17, 15) is 9.90 Å². The summed E-state index contributed by atoms with van der Waals surface area (Å²) in [6, 6.07) is 3.35. The molecule has 0 amide bonds. The zero-order valence-corrected chi connectivity index (χ0v) is 9.22. The molecule has 0 aromatic heterocycles. The molecule has 0 unspecified atom stereocenters. The fourth-order valence-corrected chi connectivity index (χ4v) is 1.71. The average molecular weight is 213 g/mol. The molecular weight excluding hydrogens is 200 g/mol. The smallest absolute Gasteiger partial charge is 0.153 e. The molecule has 76 valence electrons. The Bertz CT molecular complexity index is 364. The Labute approximate surface area is 88.5 Å². The van der Waals surface area contributed by atoms with Crippen molar-refractivity contribution in [3.8, 4) is 5.75 Å². The van der Waals surface area contributed by atoms with Crippen molar-refractivity contribution in [3.63, 3.8) is 0 Å². The number of rotatable bonds is 1. The molecule has 1 aromatic carbocycles. The predicted molar refractivity (Wildman–Crippen MR) is 57.2 cm³/mol. The van der Waals surface area contributed by atoms with Crippen molar-refractivity contribution in [2.24, 2.45) is 0 Å². The van der Waals surface area contributed by atoms with Crippen molar-refractivity contribution in [1.82, 2.24) is 0 Å². The molecule has 0 radical (unpaired) electrons. The Morgan fingerprint density at radius 2 is 1.93 bits per heavy atom. The Kier molecular flexibility index (Phi) is 2.86. The van der Waals surface area contributed by atoms with E-state index in [0.717, 1.165) is 5.56 Å². The number of aldehydes is 1. The maximum Gasteiger partial charge on any atom is 0.153 e. The van der Waals surface area contributed by atoms with Crippen molar-refractivity contribution < 1.29 is 9.90 Å². The summed E-state index contributed by atoms with van der Waals surface area (Å²) in [4.78, 5) is 10.5. The van der Waals surface area contributed by atoms with Gasteiger partial charge in [-0.15, -0.1) is 0 Å². The van der Waals surface area contributed by atoms with Crippen molar-refractivity contribution in [2.75, 3.05) is 0 Å². The van der Waals surface area contributed by atoms with E-state index < -0.39 is 0 Å². The van der Waals surface area contributed by atoms with Crippen LogP contribution >= 0.6 is 11.6 Å². The van der Waals surface area contributed by atoms with Crippen LogP contribution in [-0.4, -0.2) is 11.4 Å². The average Bonchev–Trinajstić information content (AvgIpc) is 2.07. The molecule has 0 bridgehead atoms. The highest BCUT2D eigenvalue weighted by Crippen LogP contribution is 2.36. The molecule has 0 heterocycles. The lowest BCUT2D eigenvalue weighted by Gasteiger charge is -2.21. The van der Waals surface area contributed by atoms with Crippen LogP contribution in [0.3, 0.4) is 0 Å². The lowest BCUT2D eigenvalue weighted by atomic mass is 9.86. The maximum absolute atomic E-state index is 10.5. The third-order valence-electron chi connectivity index (χ3n) is 2.08. The second-order valence-corrected chi connectivity index (χ2v) is 4.61. The predicted octanol–water partition coefficient (Wildman–Crippen LogP) is 3.16. The summed E-state index contributed by atoms with van der Waals surface area (Å²) >= 11 is 5.95. The van der Waals surface area contributed by atoms with Crippen LogP contribution in [0.4, 0.5) is 0 Å². The molecular formula is C11H13ClO2. The first kappa shape index (κ1) is 11.1. The summed E-state index contributed by atoms with van der Waals surface area (Å²) in [7, 11) is 0. The van der Waals surface area contributed by atoms with Crippen LogP contribution in [0.1, 0.15) is 36.7 Å². The van der Waals surface area contributed by atoms with Gasteiger partial charge < -0.3 is 5.11 Å². The molecule has 0 aliphatic rings. The number of benzene rings is 1. The number of hydrogen-bond acceptors (Lipinski definition) is 2. The summed E-state index contributed by atoms with van der Waals surface area (Å²) < 4.78 is 0. The number of phenolic OH excluding ortho intramolecular Hbond substituents is 1. The van der Waals surface area contributed by atoms with Crippen LogP contribution in [0.5, 0.6) is 5.75 Å². The minimum Gasteiger partial charge on any atom is -0.506 e. The second-order valence-electron chi connectivity index (χ2n) is 4.23. The second kappa shape index (κ2) is 3.62. The van der Waals surface area contributed by atoms with Gasteiger partial charge in [0.05, 0.1) is 10.6 Å². The number of phenols is 1. The van der Waals surface area contributed by atoms with Crippen molar-refractivity contribution in [3.05, 3.63) is 28.3 Å². The van der Waals surface area contributed by atoms with Gasteiger partial charge in [0.1, 0.15) is 5.75 Å². The number of halogens is 1. The van der Waals surface area contributed by atoms with Crippen LogP contribution in [0.25, 0.3) is 0 Å². The van der Waals surface area contributed by atoms with E-state index in [1.54, 1.807) is 12.1 Å². The molecule has 0 saturated carbocycles. The van der Waals surface area contributed by atoms with Crippen LogP contribution in [0.15, 0.2) is 12.1 Å². The monoisotopic (exact) mass is 212 g/mol. The number of carbonyl (C=O) groups excluding carboxylic acids is 1. The van der Waals surface area contributed by atoms with E-state index in [0.29, 0.717) is 6.29 Å². The zero-order chi connectivity index (χ0) is 10.9. The maximum atomic E-state index is 10.5. The summed E-state index contributed by atoms with van der Waals surface area (Å²) in [5.74, 6) is -0.130. The van der Waals surface area contributed by atoms with Gasteiger partial charge in [0.15, 0.2) is 6.29 Å². The van der Waals surface area contributed by atoms with Crippen LogP contribution in [0, 0.1) is 0 Å². The van der Waals surface area contributed by atoms with E-state index >= 15 is 0 Å². The van der Waals surface area contributed by atoms with E-state index in [1.807, 2.05) is 20.8 Å². The molecule has 0 aliphatic carbocycles. The first-order valence-electron chi connectivity index (χ1n) is 4.35. The van der Waals surface area contributed by atoms with Crippen molar-refractivity contribution in [2.45, 2.75) is 26.2 Å². The third-order valence-corrected chi connectivity index (χ3v) is 2.46. The van der Waals surface area contributed by atoms with Gasteiger partial charge in [0, 0.05) is 0 Å². The Morgan fingerprint density at radius 3 is 2.36 bits per heavy atom. The highest BCUT2D eigenvalue weighted by molar-refractivity contribution is 6.33. The fraction of sp³-hybridized carbons (Fsp3) is 0.364. The van der Waals surface area contributed by atoms with Crippen molar-refractivity contribution >= 4 is 17.9 Å². The molecule has 0 saturated heterocycles. The standard InChI is InChI=1S/C11H13ClO2/c1-11(2,3)8-5-4-7(6-13)10(14)9(8)12/h4-6,14H,1-3H3. The Morgan fingerprint density at radius 1 is 1.36 bits per heavy atom. The molecule has 3 heteroatoms.